The fourth-order valence-electron chi connectivity index (χ4n) is 2.89. The second-order valence-corrected chi connectivity index (χ2v) is 7.08. The number of carbonyl (C=O) groups is 1. The Labute approximate surface area is 127 Å². The molecule has 2 aliphatic rings. The number of nitrogens with zero attached hydrogens (tertiary/aromatic N) is 1. The van der Waals surface area contributed by atoms with Crippen molar-refractivity contribution in [1.29, 1.82) is 0 Å². The van der Waals surface area contributed by atoms with Crippen molar-refractivity contribution >= 4 is 6.09 Å². The molecule has 1 saturated heterocycles. The maximum atomic E-state index is 12.3. The Morgan fingerprint density at radius 3 is 2.81 bits per heavy atom. The number of nitrogens with two attached hydrogens (primary N) is 1. The predicted molar refractivity (Wildman–Crippen MR) is 81.2 cm³/mol. The van der Waals surface area contributed by atoms with E-state index < -0.39 is 5.60 Å². The molecular weight excluding hydrogens is 270 g/mol. The van der Waals surface area contributed by atoms with Gasteiger partial charge in [0.05, 0.1) is 19.3 Å². The van der Waals surface area contributed by atoms with E-state index in [0.717, 1.165) is 25.8 Å². The number of hydrogen-bond acceptors (Lipinski definition) is 5. The molecule has 2 rings (SSSR count). The Morgan fingerprint density at radius 1 is 1.43 bits per heavy atom. The number of rotatable bonds is 3. The van der Waals surface area contributed by atoms with E-state index in [1.807, 2.05) is 20.8 Å². The van der Waals surface area contributed by atoms with Gasteiger partial charge in [-0.05, 0) is 40.0 Å². The first-order valence-corrected chi connectivity index (χ1v) is 7.91. The molecule has 2 fully saturated rings. The largest absolute Gasteiger partial charge is 0.444 e. The normalized spacial score (nSPS) is 30.5. The Hall–Kier alpha value is -0.850. The minimum atomic E-state index is -0.467. The molecule has 3 atom stereocenters. The quantitative estimate of drug-likeness (QED) is 0.816. The van der Waals surface area contributed by atoms with Gasteiger partial charge >= 0.3 is 6.09 Å². The summed E-state index contributed by atoms with van der Waals surface area (Å²) < 4.78 is 11.0. The molecule has 3 unspecified atom stereocenters. The van der Waals surface area contributed by atoms with Gasteiger partial charge in [0.1, 0.15) is 5.60 Å². The zero-order valence-electron chi connectivity index (χ0n) is 13.4. The standard InChI is InChI=1S/C15H29N3O3/c1-15(2,3)21-14(19)18-6-7-20-10-13(18)9-17-12-5-4-11(16)8-12/h11-13,17H,4-10,16H2,1-3H3. The first kappa shape index (κ1) is 16.5. The average Bonchev–Trinajstić information content (AvgIpc) is 2.80. The molecule has 1 amide bonds. The van der Waals surface area contributed by atoms with Crippen LogP contribution in [0.1, 0.15) is 40.0 Å². The predicted octanol–water partition coefficient (Wildman–Crippen LogP) is 1.09. The van der Waals surface area contributed by atoms with Crippen LogP contribution in [0.3, 0.4) is 0 Å². The second-order valence-electron chi connectivity index (χ2n) is 7.08. The van der Waals surface area contributed by atoms with Crippen molar-refractivity contribution in [3.8, 4) is 0 Å². The smallest absolute Gasteiger partial charge is 0.410 e. The molecule has 1 saturated carbocycles. The van der Waals surface area contributed by atoms with Crippen molar-refractivity contribution in [2.75, 3.05) is 26.3 Å². The SMILES string of the molecule is CC(C)(C)OC(=O)N1CCOCC1CNC1CCC(N)C1. The molecule has 1 aliphatic heterocycles. The maximum Gasteiger partial charge on any atom is 0.410 e. The summed E-state index contributed by atoms with van der Waals surface area (Å²) >= 11 is 0. The minimum absolute atomic E-state index is 0.0328. The Morgan fingerprint density at radius 2 is 2.19 bits per heavy atom. The zero-order chi connectivity index (χ0) is 15.5. The number of carbonyl (C=O) groups excluding carboxylic acids is 1. The Balaban J connectivity index is 1.85. The molecule has 0 aromatic carbocycles. The molecule has 3 N–H and O–H groups in total. The molecule has 1 aliphatic carbocycles. The third kappa shape index (κ3) is 5.13. The molecule has 0 aromatic heterocycles. The van der Waals surface area contributed by atoms with Crippen molar-refractivity contribution < 1.29 is 14.3 Å². The Kier molecular flexibility index (Phi) is 5.46. The summed E-state index contributed by atoms with van der Waals surface area (Å²) in [5, 5.41) is 3.52. The van der Waals surface area contributed by atoms with Crippen LogP contribution in [0.5, 0.6) is 0 Å². The van der Waals surface area contributed by atoms with Crippen LogP contribution in [0.4, 0.5) is 4.79 Å². The molecule has 0 bridgehead atoms. The number of amides is 1. The lowest BCUT2D eigenvalue weighted by Gasteiger charge is -2.37. The van der Waals surface area contributed by atoms with Gasteiger partial charge in [0.25, 0.3) is 0 Å². The van der Waals surface area contributed by atoms with Gasteiger partial charge in [-0.2, -0.15) is 0 Å². The maximum absolute atomic E-state index is 12.3. The lowest BCUT2D eigenvalue weighted by atomic mass is 10.2. The summed E-state index contributed by atoms with van der Waals surface area (Å²) in [4.78, 5) is 14.1. The van der Waals surface area contributed by atoms with Crippen LogP contribution in [-0.4, -0.2) is 61.0 Å². The van der Waals surface area contributed by atoms with Crippen LogP contribution in [0.2, 0.25) is 0 Å². The van der Waals surface area contributed by atoms with Crippen LogP contribution in [0.15, 0.2) is 0 Å². The molecular formula is C15H29N3O3. The van der Waals surface area contributed by atoms with Crippen molar-refractivity contribution in [3.63, 3.8) is 0 Å². The molecule has 122 valence electrons. The molecule has 6 heteroatoms. The first-order chi connectivity index (χ1) is 9.85. The number of hydrogen-bond donors (Lipinski definition) is 2. The van der Waals surface area contributed by atoms with Gasteiger partial charge in [-0.15, -0.1) is 0 Å². The van der Waals surface area contributed by atoms with Crippen LogP contribution >= 0.6 is 0 Å². The highest BCUT2D eigenvalue weighted by Crippen LogP contribution is 2.18. The highest BCUT2D eigenvalue weighted by molar-refractivity contribution is 5.68. The van der Waals surface area contributed by atoms with E-state index in [0.29, 0.717) is 31.8 Å². The fraction of sp³-hybridized carbons (Fsp3) is 0.933. The first-order valence-electron chi connectivity index (χ1n) is 7.91. The Bertz CT molecular complexity index is 357. The van der Waals surface area contributed by atoms with Crippen molar-refractivity contribution in [2.45, 2.75) is 63.8 Å². The van der Waals surface area contributed by atoms with E-state index in [1.54, 1.807) is 4.90 Å². The van der Waals surface area contributed by atoms with E-state index >= 15 is 0 Å². The summed E-state index contributed by atoms with van der Waals surface area (Å²) in [6.07, 6.45) is 2.95. The van der Waals surface area contributed by atoms with Crippen molar-refractivity contribution in [3.05, 3.63) is 0 Å². The van der Waals surface area contributed by atoms with E-state index in [-0.39, 0.29) is 12.1 Å². The summed E-state index contributed by atoms with van der Waals surface area (Å²) in [6, 6.07) is 0.805. The number of nitrogens with one attached hydrogen (secondary N) is 1. The third-order valence-corrected chi connectivity index (χ3v) is 3.97. The monoisotopic (exact) mass is 299 g/mol. The van der Waals surface area contributed by atoms with Crippen LogP contribution in [0, 0.1) is 0 Å². The van der Waals surface area contributed by atoms with E-state index in [4.69, 9.17) is 15.2 Å². The van der Waals surface area contributed by atoms with Gasteiger partial charge in [-0.1, -0.05) is 0 Å². The number of morpholine rings is 1. The number of ether oxygens (including phenoxy) is 2. The van der Waals surface area contributed by atoms with Crippen LogP contribution in [0.25, 0.3) is 0 Å². The summed E-state index contributed by atoms with van der Waals surface area (Å²) in [5.41, 5.74) is 5.46. The molecule has 0 radical (unpaired) electrons. The third-order valence-electron chi connectivity index (χ3n) is 3.97. The van der Waals surface area contributed by atoms with Gasteiger partial charge in [0.15, 0.2) is 0 Å². The average molecular weight is 299 g/mol. The lowest BCUT2D eigenvalue weighted by Crippen LogP contribution is -2.54. The van der Waals surface area contributed by atoms with Crippen molar-refractivity contribution in [1.82, 2.24) is 10.2 Å². The van der Waals surface area contributed by atoms with Gasteiger partial charge in [0, 0.05) is 25.2 Å². The van der Waals surface area contributed by atoms with Crippen LogP contribution < -0.4 is 11.1 Å². The fourth-order valence-corrected chi connectivity index (χ4v) is 2.89. The van der Waals surface area contributed by atoms with Gasteiger partial charge in [0.2, 0.25) is 0 Å². The van der Waals surface area contributed by atoms with E-state index in [1.165, 1.54) is 0 Å². The molecule has 0 spiro atoms. The molecule has 6 nitrogen and oxygen atoms in total. The topological polar surface area (TPSA) is 76.8 Å². The highest BCUT2D eigenvalue weighted by atomic mass is 16.6. The van der Waals surface area contributed by atoms with E-state index in [9.17, 15) is 4.79 Å². The second kappa shape index (κ2) is 6.94. The summed E-state index contributed by atoms with van der Waals surface area (Å²) in [6.45, 7) is 8.12. The zero-order valence-corrected chi connectivity index (χ0v) is 13.4. The minimum Gasteiger partial charge on any atom is -0.444 e. The van der Waals surface area contributed by atoms with Gasteiger partial charge < -0.3 is 20.5 Å². The lowest BCUT2D eigenvalue weighted by molar-refractivity contribution is -0.0321. The summed E-state index contributed by atoms with van der Waals surface area (Å²) in [7, 11) is 0. The molecule has 21 heavy (non-hydrogen) atoms. The van der Waals surface area contributed by atoms with Crippen LogP contribution in [-0.2, 0) is 9.47 Å². The molecule has 0 aromatic rings. The highest BCUT2D eigenvalue weighted by Gasteiger charge is 2.32. The van der Waals surface area contributed by atoms with Gasteiger partial charge in [-0.3, -0.25) is 4.90 Å². The van der Waals surface area contributed by atoms with E-state index in [2.05, 4.69) is 5.32 Å². The molecule has 1 heterocycles. The van der Waals surface area contributed by atoms with Gasteiger partial charge in [-0.25, -0.2) is 4.79 Å². The summed E-state index contributed by atoms with van der Waals surface area (Å²) in [5.74, 6) is 0. The van der Waals surface area contributed by atoms with Crippen molar-refractivity contribution in [2.24, 2.45) is 5.73 Å².